The second kappa shape index (κ2) is 6.74. The van der Waals surface area contributed by atoms with E-state index in [4.69, 9.17) is 4.42 Å². The van der Waals surface area contributed by atoms with Crippen LogP contribution in [0.25, 0.3) is 11.5 Å². The lowest BCUT2D eigenvalue weighted by Gasteiger charge is -1.96. The Kier molecular flexibility index (Phi) is 5.00. The highest BCUT2D eigenvalue weighted by Crippen LogP contribution is 2.21. The van der Waals surface area contributed by atoms with E-state index in [1.54, 1.807) is 6.26 Å². The van der Waals surface area contributed by atoms with E-state index in [1.165, 1.54) is 25.7 Å². The molecule has 18 heavy (non-hydrogen) atoms. The van der Waals surface area contributed by atoms with E-state index < -0.39 is 0 Å². The molecule has 2 nitrogen and oxygen atoms in total. The van der Waals surface area contributed by atoms with Crippen molar-refractivity contribution < 1.29 is 4.42 Å². The number of hydrogen-bond acceptors (Lipinski definition) is 2. The Balaban J connectivity index is 1.95. The van der Waals surface area contributed by atoms with Gasteiger partial charge in [0.05, 0.1) is 5.69 Å². The minimum absolute atomic E-state index is 0.716. The zero-order valence-corrected chi connectivity index (χ0v) is 12.2. The Bertz CT molecular complexity index is 475. The lowest BCUT2D eigenvalue weighted by Crippen LogP contribution is -1.86. The first-order valence-electron chi connectivity index (χ1n) is 6.50. The van der Waals surface area contributed by atoms with Crippen LogP contribution in [0.5, 0.6) is 0 Å². The normalized spacial score (nSPS) is 10.8. The van der Waals surface area contributed by atoms with E-state index in [9.17, 15) is 0 Å². The highest BCUT2D eigenvalue weighted by molar-refractivity contribution is 9.10. The number of rotatable bonds is 6. The molecule has 3 heteroatoms. The van der Waals surface area contributed by atoms with Gasteiger partial charge in [0.2, 0.25) is 5.89 Å². The zero-order valence-electron chi connectivity index (χ0n) is 10.7. The molecule has 2 rings (SSSR count). The quantitative estimate of drug-likeness (QED) is 0.683. The molecule has 0 aliphatic carbocycles. The van der Waals surface area contributed by atoms with E-state index in [2.05, 4.69) is 27.8 Å². The molecule has 0 bridgehead atoms. The van der Waals surface area contributed by atoms with Gasteiger partial charge in [-0.05, 0) is 37.1 Å². The van der Waals surface area contributed by atoms with Gasteiger partial charge >= 0.3 is 0 Å². The second-order valence-corrected chi connectivity index (χ2v) is 5.38. The van der Waals surface area contributed by atoms with Crippen LogP contribution in [0, 0.1) is 0 Å². The Morgan fingerprint density at radius 1 is 1.11 bits per heavy atom. The van der Waals surface area contributed by atoms with Crippen molar-refractivity contribution in [3.63, 3.8) is 0 Å². The predicted octanol–water partition coefficient (Wildman–Crippen LogP) is 5.23. The van der Waals surface area contributed by atoms with Crippen molar-refractivity contribution >= 4 is 15.9 Å². The van der Waals surface area contributed by atoms with Gasteiger partial charge in [-0.25, -0.2) is 4.98 Å². The maximum atomic E-state index is 5.52. The Hall–Kier alpha value is -1.09. The molecule has 1 aromatic heterocycles. The minimum Gasteiger partial charge on any atom is -0.444 e. The van der Waals surface area contributed by atoms with Crippen molar-refractivity contribution in [2.45, 2.75) is 39.0 Å². The van der Waals surface area contributed by atoms with E-state index >= 15 is 0 Å². The molecule has 1 aromatic carbocycles. The third-order valence-corrected chi connectivity index (χ3v) is 3.46. The third kappa shape index (κ3) is 3.70. The molecule has 0 N–H and O–H groups in total. The summed E-state index contributed by atoms with van der Waals surface area (Å²) in [7, 11) is 0. The zero-order chi connectivity index (χ0) is 12.8. The Morgan fingerprint density at radius 3 is 2.61 bits per heavy atom. The van der Waals surface area contributed by atoms with Gasteiger partial charge in [0.1, 0.15) is 6.26 Å². The van der Waals surface area contributed by atoms with Crippen LogP contribution in [0.2, 0.25) is 0 Å². The number of unbranched alkanes of at least 4 members (excludes halogenated alkanes) is 3. The highest BCUT2D eigenvalue weighted by Gasteiger charge is 2.06. The van der Waals surface area contributed by atoms with Gasteiger partial charge in [-0.1, -0.05) is 42.1 Å². The van der Waals surface area contributed by atoms with Gasteiger partial charge < -0.3 is 4.42 Å². The van der Waals surface area contributed by atoms with Crippen LogP contribution in [0.3, 0.4) is 0 Å². The summed E-state index contributed by atoms with van der Waals surface area (Å²) in [6.45, 7) is 2.22. The standard InChI is InChI=1S/C15H18BrNO/c1-2-3-4-5-6-14-11-18-15(17-14)12-7-9-13(16)10-8-12/h7-11H,2-6H2,1H3. The van der Waals surface area contributed by atoms with Crippen molar-refractivity contribution in [2.24, 2.45) is 0 Å². The summed E-state index contributed by atoms with van der Waals surface area (Å²) in [6, 6.07) is 8.02. The molecule has 0 atom stereocenters. The van der Waals surface area contributed by atoms with E-state index in [1.807, 2.05) is 24.3 Å². The molecular weight excluding hydrogens is 290 g/mol. The summed E-state index contributed by atoms with van der Waals surface area (Å²) in [6.07, 6.45) is 7.83. The molecule has 2 aromatic rings. The van der Waals surface area contributed by atoms with Gasteiger partial charge in [0, 0.05) is 10.0 Å². The Morgan fingerprint density at radius 2 is 1.89 bits per heavy atom. The number of halogens is 1. The van der Waals surface area contributed by atoms with Crippen LogP contribution >= 0.6 is 15.9 Å². The molecule has 0 spiro atoms. The number of aryl methyl sites for hydroxylation is 1. The van der Waals surface area contributed by atoms with Crippen LogP contribution in [-0.2, 0) is 6.42 Å². The van der Waals surface area contributed by atoms with Crippen LogP contribution in [0.1, 0.15) is 38.3 Å². The fourth-order valence-electron chi connectivity index (χ4n) is 1.88. The van der Waals surface area contributed by atoms with E-state index in [0.717, 1.165) is 22.2 Å². The van der Waals surface area contributed by atoms with Crippen LogP contribution in [0.15, 0.2) is 39.4 Å². The third-order valence-electron chi connectivity index (χ3n) is 2.93. The van der Waals surface area contributed by atoms with Crippen molar-refractivity contribution in [3.8, 4) is 11.5 Å². The molecule has 0 amide bonds. The minimum atomic E-state index is 0.716. The van der Waals surface area contributed by atoms with E-state index in [0.29, 0.717) is 5.89 Å². The van der Waals surface area contributed by atoms with Crippen LogP contribution in [0.4, 0.5) is 0 Å². The summed E-state index contributed by atoms with van der Waals surface area (Å²) in [5.41, 5.74) is 2.09. The van der Waals surface area contributed by atoms with Crippen molar-refractivity contribution in [2.75, 3.05) is 0 Å². The summed E-state index contributed by atoms with van der Waals surface area (Å²) >= 11 is 3.42. The largest absolute Gasteiger partial charge is 0.444 e. The summed E-state index contributed by atoms with van der Waals surface area (Å²) in [5.74, 6) is 0.716. The van der Waals surface area contributed by atoms with E-state index in [-0.39, 0.29) is 0 Å². The van der Waals surface area contributed by atoms with Gasteiger partial charge in [-0.15, -0.1) is 0 Å². The van der Waals surface area contributed by atoms with Crippen molar-refractivity contribution in [3.05, 3.63) is 40.7 Å². The highest BCUT2D eigenvalue weighted by atomic mass is 79.9. The smallest absolute Gasteiger partial charge is 0.226 e. The van der Waals surface area contributed by atoms with Gasteiger partial charge in [-0.2, -0.15) is 0 Å². The first-order valence-corrected chi connectivity index (χ1v) is 7.29. The SMILES string of the molecule is CCCCCCc1coc(-c2ccc(Br)cc2)n1. The summed E-state index contributed by atoms with van der Waals surface area (Å²) in [4.78, 5) is 4.53. The molecular formula is C15H18BrNO. The average Bonchev–Trinajstić information content (AvgIpc) is 2.84. The topological polar surface area (TPSA) is 26.0 Å². The predicted molar refractivity (Wildman–Crippen MR) is 77.5 cm³/mol. The van der Waals surface area contributed by atoms with Crippen molar-refractivity contribution in [1.82, 2.24) is 4.98 Å². The number of oxazole rings is 1. The molecule has 0 saturated carbocycles. The molecule has 96 valence electrons. The van der Waals surface area contributed by atoms with Gasteiger partial charge in [-0.3, -0.25) is 0 Å². The lowest BCUT2D eigenvalue weighted by molar-refractivity contribution is 0.571. The second-order valence-electron chi connectivity index (χ2n) is 4.46. The fourth-order valence-corrected chi connectivity index (χ4v) is 2.14. The number of benzene rings is 1. The summed E-state index contributed by atoms with van der Waals surface area (Å²) < 4.78 is 6.59. The maximum Gasteiger partial charge on any atom is 0.226 e. The number of aromatic nitrogens is 1. The number of hydrogen-bond donors (Lipinski definition) is 0. The molecule has 0 saturated heterocycles. The van der Waals surface area contributed by atoms with Crippen molar-refractivity contribution in [1.29, 1.82) is 0 Å². The average molecular weight is 308 g/mol. The van der Waals surface area contributed by atoms with Crippen LogP contribution < -0.4 is 0 Å². The first-order chi connectivity index (χ1) is 8.79. The molecule has 0 aliphatic rings. The Labute approximate surface area is 117 Å². The summed E-state index contributed by atoms with van der Waals surface area (Å²) in [5, 5.41) is 0. The van der Waals surface area contributed by atoms with Crippen LogP contribution in [-0.4, -0.2) is 4.98 Å². The first kappa shape index (κ1) is 13.3. The molecule has 0 radical (unpaired) electrons. The fraction of sp³-hybridized carbons (Fsp3) is 0.400. The lowest BCUT2D eigenvalue weighted by atomic mass is 10.1. The molecule has 1 heterocycles. The monoisotopic (exact) mass is 307 g/mol. The van der Waals surface area contributed by atoms with Gasteiger partial charge in [0.25, 0.3) is 0 Å². The maximum absolute atomic E-state index is 5.52. The molecule has 0 aliphatic heterocycles. The molecule has 0 unspecified atom stereocenters. The molecule has 0 fully saturated rings. The number of nitrogens with zero attached hydrogens (tertiary/aromatic N) is 1. The van der Waals surface area contributed by atoms with Gasteiger partial charge in [0.15, 0.2) is 0 Å².